The van der Waals surface area contributed by atoms with Crippen molar-refractivity contribution in [2.24, 2.45) is 15.9 Å². The minimum atomic E-state index is -0.968. The maximum absolute atomic E-state index is 10.4. The van der Waals surface area contributed by atoms with Crippen molar-refractivity contribution in [2.75, 3.05) is 6.54 Å². The molecular weight excluding hydrogens is 246 g/mol. The third-order valence-corrected chi connectivity index (χ3v) is 2.44. The summed E-state index contributed by atoms with van der Waals surface area (Å²) >= 11 is 0. The number of aromatic nitrogens is 3. The van der Waals surface area contributed by atoms with E-state index in [1.54, 1.807) is 12.7 Å². The van der Waals surface area contributed by atoms with Crippen molar-refractivity contribution in [1.29, 1.82) is 0 Å². The topological polar surface area (TPSA) is 92.7 Å². The lowest BCUT2D eigenvalue weighted by atomic mass is 10.2. The summed E-state index contributed by atoms with van der Waals surface area (Å²) in [4.78, 5) is 18.2. The summed E-state index contributed by atoms with van der Waals surface area (Å²) < 4.78 is 1.94. The van der Waals surface area contributed by atoms with Crippen LogP contribution in [0.2, 0.25) is 0 Å². The maximum Gasteiger partial charge on any atom is 0.352 e. The normalized spacial score (nSPS) is 14.0. The number of aliphatic carboxylic acids is 1. The van der Waals surface area contributed by atoms with Crippen molar-refractivity contribution in [3.05, 3.63) is 12.7 Å². The van der Waals surface area contributed by atoms with E-state index in [9.17, 15) is 4.79 Å². The molecule has 0 atom stereocenters. The Morgan fingerprint density at radius 3 is 2.11 bits per heavy atom. The Balaban J connectivity index is 0.000000200. The number of carboxylic acids is 1. The van der Waals surface area contributed by atoms with Crippen LogP contribution in [0.1, 0.15) is 33.7 Å². The van der Waals surface area contributed by atoms with Gasteiger partial charge in [0.1, 0.15) is 24.2 Å². The van der Waals surface area contributed by atoms with Crippen LogP contribution in [0.4, 0.5) is 0 Å². The molecule has 1 aliphatic heterocycles. The van der Waals surface area contributed by atoms with Crippen LogP contribution in [0, 0.1) is 5.92 Å². The van der Waals surface area contributed by atoms with Crippen LogP contribution in [0.25, 0.3) is 0 Å². The van der Waals surface area contributed by atoms with Gasteiger partial charge in [0.05, 0.1) is 6.54 Å². The van der Waals surface area contributed by atoms with E-state index in [1.807, 2.05) is 18.4 Å². The molecule has 0 fully saturated rings. The van der Waals surface area contributed by atoms with Gasteiger partial charge in [0.25, 0.3) is 0 Å². The molecule has 1 N–H and O–H groups in total. The van der Waals surface area contributed by atoms with Crippen molar-refractivity contribution in [1.82, 2.24) is 14.8 Å². The van der Waals surface area contributed by atoms with E-state index in [1.165, 1.54) is 0 Å². The molecule has 0 unspecified atom stereocenters. The fourth-order valence-electron chi connectivity index (χ4n) is 1.27. The van der Waals surface area contributed by atoms with Gasteiger partial charge in [0.15, 0.2) is 0 Å². The molecule has 7 heteroatoms. The van der Waals surface area contributed by atoms with Gasteiger partial charge >= 0.3 is 5.97 Å². The van der Waals surface area contributed by atoms with Crippen molar-refractivity contribution in [3.63, 3.8) is 0 Å². The van der Waals surface area contributed by atoms with Gasteiger partial charge in [0, 0.05) is 12.0 Å². The average molecular weight is 265 g/mol. The van der Waals surface area contributed by atoms with Crippen LogP contribution in [-0.2, 0) is 4.79 Å². The molecule has 0 radical (unpaired) electrons. The van der Waals surface area contributed by atoms with E-state index in [0.29, 0.717) is 11.9 Å². The second-order valence-corrected chi connectivity index (χ2v) is 4.70. The zero-order chi connectivity index (χ0) is 14.4. The van der Waals surface area contributed by atoms with E-state index in [4.69, 9.17) is 5.11 Å². The monoisotopic (exact) mass is 265 g/mol. The quantitative estimate of drug-likeness (QED) is 0.894. The third-order valence-electron chi connectivity index (χ3n) is 2.44. The van der Waals surface area contributed by atoms with Gasteiger partial charge in [-0.05, 0) is 13.8 Å². The molecule has 0 spiro atoms. The van der Waals surface area contributed by atoms with Crippen molar-refractivity contribution >= 4 is 17.5 Å². The highest BCUT2D eigenvalue weighted by Crippen LogP contribution is 2.05. The molecular formula is C12H19N5O2. The highest BCUT2D eigenvalue weighted by Gasteiger charge is 2.17. The smallest absolute Gasteiger partial charge is 0.352 e. The molecule has 1 aromatic rings. The SMILES string of the molecule is CC(C)C1=NCC(C(=O)O)=N1.CC(C)n1cnnc1. The number of carboxylic acid groups (broad SMARTS) is 1. The van der Waals surface area contributed by atoms with E-state index in [2.05, 4.69) is 34.0 Å². The molecule has 0 amide bonds. The van der Waals surface area contributed by atoms with Gasteiger partial charge < -0.3 is 9.67 Å². The Kier molecular flexibility index (Phi) is 5.35. The van der Waals surface area contributed by atoms with E-state index >= 15 is 0 Å². The zero-order valence-corrected chi connectivity index (χ0v) is 11.6. The first-order valence-electron chi connectivity index (χ1n) is 6.11. The molecule has 2 rings (SSSR count). The third kappa shape index (κ3) is 4.61. The number of aliphatic imine (C=N–C) groups is 2. The molecule has 0 saturated heterocycles. The number of nitrogens with zero attached hydrogens (tertiary/aromatic N) is 5. The molecule has 1 aromatic heterocycles. The van der Waals surface area contributed by atoms with E-state index in [0.717, 1.165) is 0 Å². The van der Waals surface area contributed by atoms with Crippen LogP contribution in [-0.4, -0.2) is 43.9 Å². The van der Waals surface area contributed by atoms with Gasteiger partial charge in [-0.2, -0.15) is 0 Å². The summed E-state index contributed by atoms with van der Waals surface area (Å²) in [6, 6.07) is 0.477. The Bertz CT molecular complexity index is 474. The van der Waals surface area contributed by atoms with Crippen LogP contribution < -0.4 is 0 Å². The molecule has 0 aromatic carbocycles. The fraction of sp³-hybridized carbons (Fsp3) is 0.583. The molecule has 2 heterocycles. The van der Waals surface area contributed by atoms with Gasteiger partial charge in [-0.3, -0.25) is 4.99 Å². The standard InChI is InChI=1S/C7H10N2O2.C5H9N3/c1-4(2)6-8-3-5(9-6)7(10)11;1-5(2)8-3-6-7-4-8/h4H,3H2,1-2H3,(H,10,11);3-5H,1-2H3. The van der Waals surface area contributed by atoms with E-state index in [-0.39, 0.29) is 18.2 Å². The van der Waals surface area contributed by atoms with Gasteiger partial charge in [-0.25, -0.2) is 9.79 Å². The lowest BCUT2D eigenvalue weighted by Crippen LogP contribution is -2.13. The van der Waals surface area contributed by atoms with Crippen molar-refractivity contribution in [3.8, 4) is 0 Å². The highest BCUT2D eigenvalue weighted by atomic mass is 16.4. The van der Waals surface area contributed by atoms with Crippen LogP contribution in [0.15, 0.2) is 22.6 Å². The van der Waals surface area contributed by atoms with Crippen LogP contribution in [0.3, 0.4) is 0 Å². The first-order valence-corrected chi connectivity index (χ1v) is 6.11. The summed E-state index contributed by atoms with van der Waals surface area (Å²) in [5.41, 5.74) is 0.147. The minimum absolute atomic E-state index is 0.147. The molecule has 7 nitrogen and oxygen atoms in total. The first-order chi connectivity index (χ1) is 8.91. The van der Waals surface area contributed by atoms with Gasteiger partial charge in [0.2, 0.25) is 0 Å². The number of carbonyl (C=O) groups is 1. The summed E-state index contributed by atoms with van der Waals surface area (Å²) in [5.74, 6) is -0.112. The van der Waals surface area contributed by atoms with E-state index < -0.39 is 5.97 Å². The van der Waals surface area contributed by atoms with Gasteiger partial charge in [-0.15, -0.1) is 10.2 Å². The summed E-state index contributed by atoms with van der Waals surface area (Å²) in [6.07, 6.45) is 3.43. The first kappa shape index (κ1) is 15.0. The number of rotatable bonds is 3. The molecule has 0 aliphatic carbocycles. The molecule has 0 saturated carbocycles. The highest BCUT2D eigenvalue weighted by molar-refractivity contribution is 6.39. The second kappa shape index (κ2) is 6.77. The largest absolute Gasteiger partial charge is 0.477 e. The lowest BCUT2D eigenvalue weighted by Gasteiger charge is -2.01. The Labute approximate surface area is 112 Å². The number of amidine groups is 1. The van der Waals surface area contributed by atoms with Crippen LogP contribution in [0.5, 0.6) is 0 Å². The summed E-state index contributed by atoms with van der Waals surface area (Å²) in [5, 5.41) is 15.8. The minimum Gasteiger partial charge on any atom is -0.477 e. The summed E-state index contributed by atoms with van der Waals surface area (Å²) in [7, 11) is 0. The molecule has 104 valence electrons. The molecule has 19 heavy (non-hydrogen) atoms. The Morgan fingerprint density at radius 2 is 1.84 bits per heavy atom. The van der Waals surface area contributed by atoms with Crippen molar-refractivity contribution < 1.29 is 9.90 Å². The Hall–Kier alpha value is -2.05. The average Bonchev–Trinajstić information content (AvgIpc) is 3.02. The maximum atomic E-state index is 10.4. The second-order valence-electron chi connectivity index (χ2n) is 4.70. The van der Waals surface area contributed by atoms with Crippen molar-refractivity contribution in [2.45, 2.75) is 33.7 Å². The zero-order valence-electron chi connectivity index (χ0n) is 11.6. The molecule has 1 aliphatic rings. The predicted molar refractivity (Wildman–Crippen MR) is 72.6 cm³/mol. The number of hydrogen-bond acceptors (Lipinski definition) is 5. The Morgan fingerprint density at radius 1 is 1.26 bits per heavy atom. The lowest BCUT2D eigenvalue weighted by molar-refractivity contribution is -0.129. The molecule has 0 bridgehead atoms. The predicted octanol–water partition coefficient (Wildman–Crippen LogP) is 1.44. The number of hydrogen-bond donors (Lipinski definition) is 1. The fourth-order valence-corrected chi connectivity index (χ4v) is 1.27. The van der Waals surface area contributed by atoms with Crippen LogP contribution >= 0.6 is 0 Å². The van der Waals surface area contributed by atoms with Gasteiger partial charge in [-0.1, -0.05) is 13.8 Å². The summed E-state index contributed by atoms with van der Waals surface area (Å²) in [6.45, 7) is 8.27.